The maximum Gasteiger partial charge on any atom is 0.283 e. The summed E-state index contributed by atoms with van der Waals surface area (Å²) in [7, 11) is 0. The summed E-state index contributed by atoms with van der Waals surface area (Å²) in [6.45, 7) is 1.62. The van der Waals surface area contributed by atoms with Crippen molar-refractivity contribution in [1.82, 2.24) is 25.9 Å². The molecule has 1 heterocycles. The second-order valence-corrected chi connectivity index (χ2v) is 4.26. The zero-order valence-electron chi connectivity index (χ0n) is 10.2. The third-order valence-corrected chi connectivity index (χ3v) is 2.83. The Morgan fingerprint density at radius 1 is 1.55 bits per heavy atom. The van der Waals surface area contributed by atoms with E-state index in [0.29, 0.717) is 0 Å². The van der Waals surface area contributed by atoms with Crippen molar-refractivity contribution < 1.29 is 9.72 Å². The first-order chi connectivity index (χ1) is 9.50. The third-order valence-electron chi connectivity index (χ3n) is 2.51. The summed E-state index contributed by atoms with van der Waals surface area (Å²) in [6, 6.07) is 3.44. The molecule has 1 amide bonds. The van der Waals surface area contributed by atoms with Crippen molar-refractivity contribution in [2.24, 2.45) is 0 Å². The maximum atomic E-state index is 12.1. The Morgan fingerprint density at radius 3 is 2.90 bits per heavy atom. The molecule has 1 aromatic heterocycles. The highest BCUT2D eigenvalue weighted by molar-refractivity contribution is 6.34. The number of nitrogens with zero attached hydrogens (tertiary/aromatic N) is 4. The van der Waals surface area contributed by atoms with Gasteiger partial charge < -0.3 is 5.32 Å². The van der Waals surface area contributed by atoms with E-state index in [1.165, 1.54) is 18.2 Å². The number of rotatable bonds is 4. The SMILES string of the molecule is CC(NC(=O)c1c(Cl)cccc1[N+](=O)[O-])c1nn[nH]n1. The van der Waals surface area contributed by atoms with E-state index in [-0.39, 0.29) is 22.1 Å². The lowest BCUT2D eigenvalue weighted by molar-refractivity contribution is -0.385. The van der Waals surface area contributed by atoms with Gasteiger partial charge in [-0.2, -0.15) is 5.21 Å². The molecule has 0 fully saturated rings. The van der Waals surface area contributed by atoms with Gasteiger partial charge in [0.15, 0.2) is 5.82 Å². The predicted octanol–water partition coefficient (Wildman–Crippen LogP) is 1.25. The summed E-state index contributed by atoms with van der Waals surface area (Å²) < 4.78 is 0. The number of carbonyl (C=O) groups is 1. The lowest BCUT2D eigenvalue weighted by Crippen LogP contribution is -2.28. The first kappa shape index (κ1) is 13.9. The zero-order chi connectivity index (χ0) is 14.7. The van der Waals surface area contributed by atoms with Crippen molar-refractivity contribution >= 4 is 23.2 Å². The fourth-order valence-electron chi connectivity index (χ4n) is 1.58. The van der Waals surface area contributed by atoms with E-state index in [9.17, 15) is 14.9 Å². The molecule has 1 aromatic carbocycles. The maximum absolute atomic E-state index is 12.1. The van der Waals surface area contributed by atoms with Gasteiger partial charge in [-0.15, -0.1) is 10.2 Å². The minimum absolute atomic E-state index is 0.00277. The number of benzene rings is 1. The summed E-state index contributed by atoms with van der Waals surface area (Å²) in [4.78, 5) is 22.4. The molecule has 10 heteroatoms. The quantitative estimate of drug-likeness (QED) is 0.645. The van der Waals surface area contributed by atoms with Crippen molar-refractivity contribution in [1.29, 1.82) is 0 Å². The molecule has 0 bridgehead atoms. The molecule has 0 aliphatic carbocycles. The Bertz CT molecular complexity index is 644. The number of aromatic amines is 1. The average Bonchev–Trinajstić information content (AvgIpc) is 2.91. The lowest BCUT2D eigenvalue weighted by atomic mass is 10.1. The molecule has 0 aliphatic rings. The van der Waals surface area contributed by atoms with E-state index in [2.05, 4.69) is 25.9 Å². The van der Waals surface area contributed by atoms with Crippen LogP contribution in [0.5, 0.6) is 0 Å². The van der Waals surface area contributed by atoms with Crippen LogP contribution in [0.25, 0.3) is 0 Å². The molecule has 20 heavy (non-hydrogen) atoms. The number of nitrogens with one attached hydrogen (secondary N) is 2. The first-order valence-corrected chi connectivity index (χ1v) is 5.85. The molecule has 1 atom stereocenters. The highest BCUT2D eigenvalue weighted by atomic mass is 35.5. The normalized spacial score (nSPS) is 11.9. The van der Waals surface area contributed by atoms with E-state index in [4.69, 9.17) is 11.6 Å². The van der Waals surface area contributed by atoms with E-state index < -0.39 is 16.9 Å². The minimum atomic E-state index is -0.681. The number of nitro benzene ring substituents is 1. The number of hydrogen-bond donors (Lipinski definition) is 2. The molecule has 2 aromatic rings. The minimum Gasteiger partial charge on any atom is -0.342 e. The monoisotopic (exact) mass is 296 g/mol. The van der Waals surface area contributed by atoms with Crippen LogP contribution in [0.4, 0.5) is 5.69 Å². The van der Waals surface area contributed by atoms with Gasteiger partial charge in [0, 0.05) is 6.07 Å². The summed E-state index contributed by atoms with van der Waals surface area (Å²) in [5.74, 6) is -0.423. The summed E-state index contributed by atoms with van der Waals surface area (Å²) in [6.07, 6.45) is 0. The zero-order valence-corrected chi connectivity index (χ0v) is 11.0. The Kier molecular flexibility index (Phi) is 3.89. The number of amides is 1. The number of nitro groups is 1. The summed E-state index contributed by atoms with van der Waals surface area (Å²) in [5.41, 5.74) is -0.565. The number of H-pyrrole nitrogens is 1. The number of halogens is 1. The molecule has 104 valence electrons. The molecule has 0 saturated carbocycles. The third kappa shape index (κ3) is 2.72. The van der Waals surface area contributed by atoms with Crippen LogP contribution in [0.15, 0.2) is 18.2 Å². The van der Waals surface area contributed by atoms with E-state index in [0.717, 1.165) is 0 Å². The number of hydrogen-bond acceptors (Lipinski definition) is 6. The Balaban J connectivity index is 2.28. The molecule has 0 radical (unpaired) electrons. The standard InChI is InChI=1S/C10H9ClN6O3/c1-5(9-13-15-16-14-9)12-10(18)8-6(11)3-2-4-7(8)17(19)20/h2-5H,1H3,(H,12,18)(H,13,14,15,16). The smallest absolute Gasteiger partial charge is 0.283 e. The Hall–Kier alpha value is -2.55. The second kappa shape index (κ2) is 5.61. The molecule has 2 rings (SSSR count). The van der Waals surface area contributed by atoms with Gasteiger partial charge in [-0.3, -0.25) is 14.9 Å². The molecule has 9 nitrogen and oxygen atoms in total. The average molecular weight is 297 g/mol. The lowest BCUT2D eigenvalue weighted by Gasteiger charge is -2.11. The molecular formula is C10H9ClN6O3. The van der Waals surface area contributed by atoms with Gasteiger partial charge in [0.25, 0.3) is 11.6 Å². The largest absolute Gasteiger partial charge is 0.342 e. The fraction of sp³-hybridized carbons (Fsp3) is 0.200. The van der Waals surface area contributed by atoms with Crippen molar-refractivity contribution in [3.63, 3.8) is 0 Å². The van der Waals surface area contributed by atoms with Gasteiger partial charge in [0.1, 0.15) is 5.56 Å². The molecule has 2 N–H and O–H groups in total. The van der Waals surface area contributed by atoms with Gasteiger partial charge in [-0.1, -0.05) is 22.9 Å². The number of aromatic nitrogens is 4. The summed E-state index contributed by atoms with van der Waals surface area (Å²) >= 11 is 5.86. The number of carbonyl (C=O) groups excluding carboxylic acids is 1. The van der Waals surface area contributed by atoms with Crippen molar-refractivity contribution in [3.05, 3.63) is 44.7 Å². The molecule has 0 aliphatic heterocycles. The highest BCUT2D eigenvalue weighted by Gasteiger charge is 2.25. The van der Waals surface area contributed by atoms with E-state index >= 15 is 0 Å². The van der Waals surface area contributed by atoms with Crippen LogP contribution in [-0.4, -0.2) is 31.5 Å². The number of tetrazole rings is 1. The highest BCUT2D eigenvalue weighted by Crippen LogP contribution is 2.26. The van der Waals surface area contributed by atoms with Crippen LogP contribution in [0, 0.1) is 10.1 Å². The Labute approximate surface area is 117 Å². The molecule has 0 saturated heterocycles. The van der Waals surface area contributed by atoms with Crippen molar-refractivity contribution in [3.8, 4) is 0 Å². The molecular weight excluding hydrogens is 288 g/mol. The predicted molar refractivity (Wildman–Crippen MR) is 68.2 cm³/mol. The van der Waals surface area contributed by atoms with Gasteiger partial charge in [0.05, 0.1) is 16.0 Å². The topological polar surface area (TPSA) is 127 Å². The molecule has 0 spiro atoms. The van der Waals surface area contributed by atoms with Gasteiger partial charge >= 0.3 is 0 Å². The second-order valence-electron chi connectivity index (χ2n) is 3.86. The van der Waals surface area contributed by atoms with Crippen LogP contribution in [-0.2, 0) is 0 Å². The first-order valence-electron chi connectivity index (χ1n) is 5.48. The van der Waals surface area contributed by atoms with E-state index in [1.54, 1.807) is 6.92 Å². The van der Waals surface area contributed by atoms with Gasteiger partial charge in [-0.25, -0.2) is 0 Å². The van der Waals surface area contributed by atoms with Crippen LogP contribution < -0.4 is 5.32 Å². The van der Waals surface area contributed by atoms with Crippen LogP contribution in [0.3, 0.4) is 0 Å². The van der Waals surface area contributed by atoms with Gasteiger partial charge in [0.2, 0.25) is 0 Å². The van der Waals surface area contributed by atoms with Crippen LogP contribution >= 0.6 is 11.6 Å². The van der Waals surface area contributed by atoms with Crippen LogP contribution in [0.2, 0.25) is 5.02 Å². The van der Waals surface area contributed by atoms with Gasteiger partial charge in [-0.05, 0) is 13.0 Å². The van der Waals surface area contributed by atoms with E-state index in [1.807, 2.05) is 0 Å². The fourth-order valence-corrected chi connectivity index (χ4v) is 1.83. The Morgan fingerprint density at radius 2 is 2.30 bits per heavy atom. The van der Waals surface area contributed by atoms with Crippen molar-refractivity contribution in [2.75, 3.05) is 0 Å². The summed E-state index contributed by atoms with van der Waals surface area (Å²) in [5, 5.41) is 26.5. The molecule has 1 unspecified atom stereocenters. The van der Waals surface area contributed by atoms with Crippen molar-refractivity contribution in [2.45, 2.75) is 13.0 Å². The van der Waals surface area contributed by atoms with Crippen LogP contribution in [0.1, 0.15) is 29.1 Å².